The molecule has 0 saturated heterocycles. The van der Waals surface area contributed by atoms with Crippen LogP contribution in [-0.4, -0.2) is 38.9 Å². The van der Waals surface area contributed by atoms with Crippen molar-refractivity contribution in [2.24, 2.45) is 0 Å². The van der Waals surface area contributed by atoms with Crippen molar-refractivity contribution in [2.45, 2.75) is 69.5 Å². The van der Waals surface area contributed by atoms with Gasteiger partial charge in [0.15, 0.2) is 11.5 Å². The van der Waals surface area contributed by atoms with E-state index in [2.05, 4.69) is 20.3 Å². The molecular formula is C22H27F2NO6. The van der Waals surface area contributed by atoms with Crippen molar-refractivity contribution in [1.29, 1.82) is 5.26 Å². The lowest BCUT2D eigenvalue weighted by molar-refractivity contribution is -0.141. The number of esters is 2. The standard InChI is InChI=1S/C22H27F2NO6/c1-28-19(26)9-11-22(14-25,12-10-20(27)29-2)15-7-8-17(31-21(23)24)18(13-15)30-16-5-3-4-6-16/h7-8,13,16,21H,3-6,9-12H2,1-2H3. The van der Waals surface area contributed by atoms with Crippen LogP contribution in [0.5, 0.6) is 11.5 Å². The Kier molecular flexibility index (Phi) is 9.03. The monoisotopic (exact) mass is 439 g/mol. The Balaban J connectivity index is 2.42. The van der Waals surface area contributed by atoms with Gasteiger partial charge in [0.1, 0.15) is 0 Å². The Morgan fingerprint density at radius 3 is 2.16 bits per heavy atom. The van der Waals surface area contributed by atoms with E-state index in [0.29, 0.717) is 5.56 Å². The zero-order valence-corrected chi connectivity index (χ0v) is 17.7. The van der Waals surface area contributed by atoms with Gasteiger partial charge in [0.25, 0.3) is 0 Å². The summed E-state index contributed by atoms with van der Waals surface area (Å²) in [5.74, 6) is -1.02. The number of nitriles is 1. The van der Waals surface area contributed by atoms with E-state index in [-0.39, 0.29) is 43.3 Å². The normalized spacial score (nSPS) is 14.2. The summed E-state index contributed by atoms with van der Waals surface area (Å²) in [5.41, 5.74) is -0.808. The molecule has 0 radical (unpaired) electrons. The lowest BCUT2D eigenvalue weighted by Gasteiger charge is -2.28. The maximum atomic E-state index is 12.9. The number of rotatable bonds is 11. The zero-order valence-electron chi connectivity index (χ0n) is 17.7. The SMILES string of the molecule is COC(=O)CCC(C#N)(CCC(=O)OC)c1ccc(OC(F)F)c(OC2CCCC2)c1. The van der Waals surface area contributed by atoms with Crippen LogP contribution in [0.1, 0.15) is 56.9 Å². The van der Waals surface area contributed by atoms with Gasteiger partial charge in [-0.05, 0) is 56.2 Å². The summed E-state index contributed by atoms with van der Waals surface area (Å²) in [6.07, 6.45) is 3.47. The number of hydrogen-bond donors (Lipinski definition) is 0. The summed E-state index contributed by atoms with van der Waals surface area (Å²) < 4.78 is 45.6. The molecule has 1 fully saturated rings. The van der Waals surface area contributed by atoms with Crippen LogP contribution < -0.4 is 9.47 Å². The topological polar surface area (TPSA) is 94.9 Å². The second-order valence-electron chi connectivity index (χ2n) is 7.41. The molecule has 0 heterocycles. The number of hydrogen-bond acceptors (Lipinski definition) is 7. The minimum Gasteiger partial charge on any atom is -0.487 e. The van der Waals surface area contributed by atoms with Crippen molar-refractivity contribution in [3.8, 4) is 17.6 Å². The maximum absolute atomic E-state index is 12.9. The average Bonchev–Trinajstić information content (AvgIpc) is 3.27. The molecule has 0 bridgehead atoms. The summed E-state index contributed by atoms with van der Waals surface area (Å²) in [6, 6.07) is 6.52. The summed E-state index contributed by atoms with van der Waals surface area (Å²) in [7, 11) is 2.49. The predicted octanol–water partition coefficient (Wildman–Crippen LogP) is 4.28. The fourth-order valence-corrected chi connectivity index (χ4v) is 3.70. The second-order valence-corrected chi connectivity index (χ2v) is 7.41. The number of alkyl halides is 2. The number of nitrogens with zero attached hydrogens (tertiary/aromatic N) is 1. The molecule has 31 heavy (non-hydrogen) atoms. The van der Waals surface area contributed by atoms with E-state index >= 15 is 0 Å². The number of halogens is 2. The maximum Gasteiger partial charge on any atom is 0.387 e. The second kappa shape index (κ2) is 11.5. The first-order chi connectivity index (χ1) is 14.8. The van der Waals surface area contributed by atoms with Gasteiger partial charge in [-0.15, -0.1) is 0 Å². The molecule has 7 nitrogen and oxygen atoms in total. The smallest absolute Gasteiger partial charge is 0.387 e. The lowest BCUT2D eigenvalue weighted by Crippen LogP contribution is -2.27. The van der Waals surface area contributed by atoms with E-state index in [9.17, 15) is 23.6 Å². The van der Waals surface area contributed by atoms with Crippen LogP contribution in [0.25, 0.3) is 0 Å². The zero-order chi connectivity index (χ0) is 22.9. The van der Waals surface area contributed by atoms with E-state index in [1.54, 1.807) is 0 Å². The van der Waals surface area contributed by atoms with Crippen molar-refractivity contribution in [3.63, 3.8) is 0 Å². The van der Waals surface area contributed by atoms with Crippen molar-refractivity contribution in [2.75, 3.05) is 14.2 Å². The number of methoxy groups -OCH3 is 2. The van der Waals surface area contributed by atoms with Gasteiger partial charge in [-0.1, -0.05) is 6.07 Å². The average molecular weight is 439 g/mol. The molecule has 1 saturated carbocycles. The summed E-state index contributed by atoms with van der Waals surface area (Å²) in [4.78, 5) is 23.4. The van der Waals surface area contributed by atoms with Gasteiger partial charge in [-0.2, -0.15) is 14.0 Å². The largest absolute Gasteiger partial charge is 0.487 e. The highest BCUT2D eigenvalue weighted by Crippen LogP contribution is 2.40. The van der Waals surface area contributed by atoms with Gasteiger partial charge >= 0.3 is 18.6 Å². The van der Waals surface area contributed by atoms with E-state index in [1.807, 2.05) is 0 Å². The Morgan fingerprint density at radius 1 is 1.10 bits per heavy atom. The highest BCUT2D eigenvalue weighted by molar-refractivity contribution is 5.70. The number of carbonyl (C=O) groups excluding carboxylic acids is 2. The molecule has 0 unspecified atom stereocenters. The first kappa shape index (κ1) is 24.4. The fourth-order valence-electron chi connectivity index (χ4n) is 3.70. The summed E-state index contributed by atoms with van der Waals surface area (Å²) >= 11 is 0. The van der Waals surface area contributed by atoms with Gasteiger partial charge in [-0.3, -0.25) is 9.59 Å². The van der Waals surface area contributed by atoms with Crippen LogP contribution in [0.15, 0.2) is 18.2 Å². The molecule has 9 heteroatoms. The van der Waals surface area contributed by atoms with Crippen molar-refractivity contribution in [3.05, 3.63) is 23.8 Å². The van der Waals surface area contributed by atoms with E-state index in [1.165, 1.54) is 32.4 Å². The third-order valence-corrected chi connectivity index (χ3v) is 5.49. The molecule has 0 N–H and O–H groups in total. The molecule has 0 atom stereocenters. The first-order valence-electron chi connectivity index (χ1n) is 10.1. The molecular weight excluding hydrogens is 412 g/mol. The number of carbonyl (C=O) groups is 2. The van der Waals surface area contributed by atoms with Gasteiger partial charge in [0.05, 0.1) is 31.8 Å². The predicted molar refractivity (Wildman–Crippen MR) is 106 cm³/mol. The molecule has 1 aliphatic carbocycles. The number of benzene rings is 1. The third-order valence-electron chi connectivity index (χ3n) is 5.49. The van der Waals surface area contributed by atoms with Crippen molar-refractivity contribution in [1.82, 2.24) is 0 Å². The number of ether oxygens (including phenoxy) is 4. The molecule has 1 aliphatic rings. The summed E-state index contributed by atoms with van der Waals surface area (Å²) in [6.45, 7) is -3.03. The molecule has 0 aliphatic heterocycles. The lowest BCUT2D eigenvalue weighted by atomic mass is 9.74. The Bertz CT molecular complexity index is 782. The van der Waals surface area contributed by atoms with Crippen LogP contribution in [0.4, 0.5) is 8.78 Å². The molecule has 0 amide bonds. The first-order valence-corrected chi connectivity index (χ1v) is 10.1. The molecule has 2 rings (SSSR count). The Labute approximate surface area is 180 Å². The summed E-state index contributed by atoms with van der Waals surface area (Å²) in [5, 5.41) is 10.0. The molecule has 1 aromatic rings. The third kappa shape index (κ3) is 6.81. The molecule has 170 valence electrons. The molecule has 0 aromatic heterocycles. The minimum absolute atomic E-state index is 0.0562. The van der Waals surface area contributed by atoms with Crippen LogP contribution in [0.3, 0.4) is 0 Å². The molecule has 1 aromatic carbocycles. The van der Waals surface area contributed by atoms with Gasteiger partial charge < -0.3 is 18.9 Å². The van der Waals surface area contributed by atoms with Crippen LogP contribution >= 0.6 is 0 Å². The van der Waals surface area contributed by atoms with Crippen molar-refractivity contribution >= 4 is 11.9 Å². The van der Waals surface area contributed by atoms with Gasteiger partial charge in [-0.25, -0.2) is 0 Å². The minimum atomic E-state index is -3.03. The van der Waals surface area contributed by atoms with Gasteiger partial charge in [0, 0.05) is 12.8 Å². The van der Waals surface area contributed by atoms with Gasteiger partial charge in [0.2, 0.25) is 0 Å². The molecule has 0 spiro atoms. The van der Waals surface area contributed by atoms with Crippen LogP contribution in [0.2, 0.25) is 0 Å². The van der Waals surface area contributed by atoms with E-state index < -0.39 is 24.0 Å². The van der Waals surface area contributed by atoms with Crippen molar-refractivity contribution < 1.29 is 37.3 Å². The van der Waals surface area contributed by atoms with Crippen LogP contribution in [0, 0.1) is 11.3 Å². The quantitative estimate of drug-likeness (QED) is 0.475. The van der Waals surface area contributed by atoms with Crippen LogP contribution in [-0.2, 0) is 24.5 Å². The Hall–Kier alpha value is -2.89. The van der Waals surface area contributed by atoms with E-state index in [4.69, 9.17) is 4.74 Å². The fraction of sp³-hybridized carbons (Fsp3) is 0.591. The Morgan fingerprint density at radius 2 is 1.68 bits per heavy atom. The van der Waals surface area contributed by atoms with E-state index in [0.717, 1.165) is 25.7 Å². The highest BCUT2D eigenvalue weighted by Gasteiger charge is 2.35. The highest BCUT2D eigenvalue weighted by atomic mass is 19.3.